The fourth-order valence-electron chi connectivity index (χ4n) is 3.96. The zero-order valence-corrected chi connectivity index (χ0v) is 14.3. The van der Waals surface area contributed by atoms with Gasteiger partial charge in [0.15, 0.2) is 0 Å². The van der Waals surface area contributed by atoms with Crippen LogP contribution in [0.5, 0.6) is 0 Å². The molecule has 0 aromatic heterocycles. The molecule has 3 fully saturated rings. The van der Waals surface area contributed by atoms with Crippen LogP contribution in [0.25, 0.3) is 0 Å². The van der Waals surface area contributed by atoms with E-state index in [1.165, 1.54) is 45.2 Å². The van der Waals surface area contributed by atoms with Gasteiger partial charge in [0, 0.05) is 31.1 Å². The van der Waals surface area contributed by atoms with Gasteiger partial charge in [0.1, 0.15) is 0 Å². The molecular formula is C15H29Cl2N3O. The van der Waals surface area contributed by atoms with Crippen LogP contribution in [0.1, 0.15) is 51.4 Å². The summed E-state index contributed by atoms with van der Waals surface area (Å²) >= 11 is 0. The van der Waals surface area contributed by atoms with E-state index in [0.29, 0.717) is 18.5 Å². The SMILES string of the molecule is Cl.Cl.O=C(CCC1CCCN1)NC1CCN2CCCC2C1. The van der Waals surface area contributed by atoms with Crippen LogP contribution in [-0.2, 0) is 4.79 Å². The van der Waals surface area contributed by atoms with E-state index in [-0.39, 0.29) is 30.7 Å². The minimum atomic E-state index is 0. The van der Waals surface area contributed by atoms with E-state index in [0.717, 1.165) is 25.4 Å². The van der Waals surface area contributed by atoms with Gasteiger partial charge < -0.3 is 15.5 Å². The highest BCUT2D eigenvalue weighted by Gasteiger charge is 2.32. The van der Waals surface area contributed by atoms with E-state index in [9.17, 15) is 4.79 Å². The third kappa shape index (κ3) is 5.27. The lowest BCUT2D eigenvalue weighted by molar-refractivity contribution is -0.122. The number of hydrogen-bond donors (Lipinski definition) is 2. The Balaban J connectivity index is 0.00000110. The first kappa shape index (κ1) is 19.0. The summed E-state index contributed by atoms with van der Waals surface area (Å²) in [7, 11) is 0. The third-order valence-corrected chi connectivity index (χ3v) is 5.07. The van der Waals surface area contributed by atoms with Crippen molar-refractivity contribution in [1.82, 2.24) is 15.5 Å². The van der Waals surface area contributed by atoms with Crippen molar-refractivity contribution in [2.24, 2.45) is 0 Å². The average Bonchev–Trinajstić information content (AvgIpc) is 3.07. The summed E-state index contributed by atoms with van der Waals surface area (Å²) in [5.41, 5.74) is 0. The second-order valence-electron chi connectivity index (χ2n) is 6.45. The minimum absolute atomic E-state index is 0. The van der Waals surface area contributed by atoms with Gasteiger partial charge in [0.2, 0.25) is 5.91 Å². The second kappa shape index (κ2) is 9.19. The van der Waals surface area contributed by atoms with Gasteiger partial charge in [0.05, 0.1) is 0 Å². The Morgan fingerprint density at radius 1 is 1.14 bits per heavy atom. The number of amides is 1. The van der Waals surface area contributed by atoms with Gasteiger partial charge in [-0.05, 0) is 58.0 Å². The van der Waals surface area contributed by atoms with Crippen molar-refractivity contribution in [3.8, 4) is 0 Å². The summed E-state index contributed by atoms with van der Waals surface area (Å²) in [5.74, 6) is 0.269. The Labute approximate surface area is 140 Å². The molecule has 3 unspecified atom stereocenters. The molecule has 0 aliphatic carbocycles. The number of fused-ring (bicyclic) bond motifs is 1. The van der Waals surface area contributed by atoms with Gasteiger partial charge in [0.25, 0.3) is 0 Å². The molecule has 3 atom stereocenters. The Bertz CT molecular complexity index is 324. The molecule has 0 spiro atoms. The maximum Gasteiger partial charge on any atom is 0.220 e. The molecule has 0 radical (unpaired) electrons. The van der Waals surface area contributed by atoms with Crippen molar-refractivity contribution >= 4 is 30.7 Å². The van der Waals surface area contributed by atoms with Crippen LogP contribution in [0.2, 0.25) is 0 Å². The zero-order valence-electron chi connectivity index (χ0n) is 12.7. The minimum Gasteiger partial charge on any atom is -0.353 e. The molecule has 3 heterocycles. The highest BCUT2D eigenvalue weighted by Crippen LogP contribution is 2.26. The first-order chi connectivity index (χ1) is 9.31. The van der Waals surface area contributed by atoms with Crippen molar-refractivity contribution < 1.29 is 4.79 Å². The first-order valence-electron chi connectivity index (χ1n) is 8.08. The first-order valence-corrected chi connectivity index (χ1v) is 8.08. The Morgan fingerprint density at radius 3 is 2.76 bits per heavy atom. The van der Waals surface area contributed by atoms with Gasteiger partial charge >= 0.3 is 0 Å². The standard InChI is InChI=1S/C15H27N3O.2ClH/c19-15(6-5-12-3-1-8-16-12)17-13-7-10-18-9-2-4-14(18)11-13;;/h12-14,16H,1-11H2,(H,17,19);2*1H. The molecule has 6 heteroatoms. The lowest BCUT2D eigenvalue weighted by atomic mass is 9.97. The van der Waals surface area contributed by atoms with E-state index in [1.54, 1.807) is 0 Å². The van der Waals surface area contributed by atoms with Crippen molar-refractivity contribution in [3.05, 3.63) is 0 Å². The smallest absolute Gasteiger partial charge is 0.220 e. The molecule has 0 aromatic rings. The summed E-state index contributed by atoms with van der Waals surface area (Å²) in [5, 5.41) is 6.72. The molecule has 0 bridgehead atoms. The Kier molecular flexibility index (Phi) is 8.32. The topological polar surface area (TPSA) is 44.4 Å². The van der Waals surface area contributed by atoms with E-state index in [1.807, 2.05) is 0 Å². The lowest BCUT2D eigenvalue weighted by Crippen LogP contribution is -2.47. The molecule has 124 valence electrons. The molecule has 1 amide bonds. The van der Waals surface area contributed by atoms with E-state index in [4.69, 9.17) is 0 Å². The molecule has 21 heavy (non-hydrogen) atoms. The van der Waals surface area contributed by atoms with Gasteiger partial charge in [-0.2, -0.15) is 0 Å². The fraction of sp³-hybridized carbons (Fsp3) is 0.933. The normalized spacial score (nSPS) is 31.9. The van der Waals surface area contributed by atoms with Crippen molar-refractivity contribution in [3.63, 3.8) is 0 Å². The Hall–Kier alpha value is -0.0300. The zero-order chi connectivity index (χ0) is 13.1. The van der Waals surface area contributed by atoms with Gasteiger partial charge in [-0.3, -0.25) is 4.79 Å². The number of rotatable bonds is 4. The summed E-state index contributed by atoms with van der Waals surface area (Å²) in [6.07, 6.45) is 9.21. The lowest BCUT2D eigenvalue weighted by Gasteiger charge is -2.35. The number of halogens is 2. The van der Waals surface area contributed by atoms with Crippen LogP contribution in [0.4, 0.5) is 0 Å². The van der Waals surface area contributed by atoms with Gasteiger partial charge in [-0.15, -0.1) is 24.8 Å². The number of hydrogen-bond acceptors (Lipinski definition) is 3. The number of nitrogens with zero attached hydrogens (tertiary/aromatic N) is 1. The molecule has 3 aliphatic heterocycles. The van der Waals surface area contributed by atoms with Crippen molar-refractivity contribution in [1.29, 1.82) is 0 Å². The third-order valence-electron chi connectivity index (χ3n) is 5.07. The summed E-state index contributed by atoms with van der Waals surface area (Å²) in [6, 6.07) is 1.77. The monoisotopic (exact) mass is 337 g/mol. The van der Waals surface area contributed by atoms with Crippen molar-refractivity contribution in [2.75, 3.05) is 19.6 Å². The molecule has 2 N–H and O–H groups in total. The van der Waals surface area contributed by atoms with Crippen molar-refractivity contribution in [2.45, 2.75) is 69.5 Å². The summed E-state index contributed by atoms with van der Waals surface area (Å²) < 4.78 is 0. The summed E-state index contributed by atoms with van der Waals surface area (Å²) in [4.78, 5) is 14.6. The molecular weight excluding hydrogens is 309 g/mol. The fourth-order valence-corrected chi connectivity index (χ4v) is 3.96. The van der Waals surface area contributed by atoms with Crippen LogP contribution in [-0.4, -0.2) is 48.6 Å². The van der Waals surface area contributed by atoms with E-state index < -0.39 is 0 Å². The molecule has 3 saturated heterocycles. The van der Waals surface area contributed by atoms with E-state index in [2.05, 4.69) is 15.5 Å². The number of piperidine rings is 1. The largest absolute Gasteiger partial charge is 0.353 e. The number of carbonyl (C=O) groups is 1. The van der Waals surface area contributed by atoms with Crippen LogP contribution in [0.3, 0.4) is 0 Å². The number of nitrogens with one attached hydrogen (secondary N) is 2. The second-order valence-corrected chi connectivity index (χ2v) is 6.45. The van der Waals surface area contributed by atoms with E-state index >= 15 is 0 Å². The van der Waals surface area contributed by atoms with Crippen LogP contribution < -0.4 is 10.6 Å². The predicted molar refractivity (Wildman–Crippen MR) is 90.5 cm³/mol. The average molecular weight is 338 g/mol. The predicted octanol–water partition coefficient (Wildman–Crippen LogP) is 2.11. The molecule has 4 nitrogen and oxygen atoms in total. The molecule has 3 aliphatic rings. The van der Waals surface area contributed by atoms with Crippen LogP contribution in [0.15, 0.2) is 0 Å². The highest BCUT2D eigenvalue weighted by atomic mass is 35.5. The Morgan fingerprint density at radius 2 is 2.00 bits per heavy atom. The molecule has 0 saturated carbocycles. The number of carbonyl (C=O) groups excluding carboxylic acids is 1. The highest BCUT2D eigenvalue weighted by molar-refractivity contribution is 5.85. The maximum absolute atomic E-state index is 12.0. The maximum atomic E-state index is 12.0. The van der Waals surface area contributed by atoms with Crippen LogP contribution >= 0.6 is 24.8 Å². The van der Waals surface area contributed by atoms with Gasteiger partial charge in [-0.1, -0.05) is 0 Å². The molecule has 0 aromatic carbocycles. The molecule has 3 rings (SSSR count). The van der Waals surface area contributed by atoms with Crippen LogP contribution in [0, 0.1) is 0 Å². The van der Waals surface area contributed by atoms with Gasteiger partial charge in [-0.25, -0.2) is 0 Å². The quantitative estimate of drug-likeness (QED) is 0.825. The summed E-state index contributed by atoms with van der Waals surface area (Å²) in [6.45, 7) is 3.59.